The Hall–Kier alpha value is -2.66. The molecule has 0 spiro atoms. The van der Waals surface area contributed by atoms with Crippen LogP contribution in [0.5, 0.6) is 0 Å². The van der Waals surface area contributed by atoms with Crippen molar-refractivity contribution in [3.63, 3.8) is 0 Å². The Balaban J connectivity index is 1.55. The molecule has 1 fully saturated rings. The molecule has 1 saturated heterocycles. The standard InChI is InChI=1S/C20H20N4O2S/c21-13-16-19(26-20(23-16)18-7-4-12-27-18)22-14-17(15-5-2-1-3-6-15)24-8-10-25-11-9-24/h1-7,12,17,22H,8-11,14H2/t17-/m1/s1. The number of nitriles is 1. The first kappa shape index (κ1) is 17.7. The number of anilines is 1. The van der Waals surface area contributed by atoms with Gasteiger partial charge in [0.2, 0.25) is 17.5 Å². The molecule has 7 heteroatoms. The number of benzene rings is 1. The first-order chi connectivity index (χ1) is 13.3. The summed E-state index contributed by atoms with van der Waals surface area (Å²) in [6, 6.07) is 16.5. The van der Waals surface area contributed by atoms with Crippen LogP contribution < -0.4 is 5.32 Å². The van der Waals surface area contributed by atoms with E-state index in [1.807, 2.05) is 35.7 Å². The van der Waals surface area contributed by atoms with Crippen molar-refractivity contribution in [2.45, 2.75) is 6.04 Å². The molecular weight excluding hydrogens is 360 g/mol. The summed E-state index contributed by atoms with van der Waals surface area (Å²) in [6.07, 6.45) is 0. The molecule has 138 valence electrons. The third-order valence-corrected chi connectivity index (χ3v) is 5.45. The van der Waals surface area contributed by atoms with Gasteiger partial charge in [-0.2, -0.15) is 10.2 Å². The zero-order valence-electron chi connectivity index (χ0n) is 14.8. The van der Waals surface area contributed by atoms with Crippen LogP contribution in [-0.4, -0.2) is 42.7 Å². The van der Waals surface area contributed by atoms with Gasteiger partial charge >= 0.3 is 0 Å². The van der Waals surface area contributed by atoms with E-state index in [0.29, 0.717) is 18.3 Å². The SMILES string of the molecule is N#Cc1nc(-c2cccs2)oc1NC[C@H](c1ccccc1)N1CCOCC1. The van der Waals surface area contributed by atoms with Gasteiger partial charge in [-0.25, -0.2) is 0 Å². The highest BCUT2D eigenvalue weighted by atomic mass is 32.1. The van der Waals surface area contributed by atoms with Gasteiger partial charge in [0.15, 0.2) is 0 Å². The van der Waals surface area contributed by atoms with Gasteiger partial charge in [-0.05, 0) is 17.0 Å². The van der Waals surface area contributed by atoms with Crippen LogP contribution in [0.4, 0.5) is 5.88 Å². The number of nitrogens with one attached hydrogen (secondary N) is 1. The van der Waals surface area contributed by atoms with Crippen LogP contribution in [0, 0.1) is 11.3 Å². The Labute approximate surface area is 162 Å². The van der Waals surface area contributed by atoms with Gasteiger partial charge in [-0.3, -0.25) is 4.90 Å². The van der Waals surface area contributed by atoms with Crippen molar-refractivity contribution in [2.24, 2.45) is 0 Å². The average molecular weight is 380 g/mol. The topological polar surface area (TPSA) is 74.3 Å². The number of nitrogens with zero attached hydrogens (tertiary/aromatic N) is 3. The third-order valence-electron chi connectivity index (χ3n) is 4.59. The number of ether oxygens (including phenoxy) is 1. The molecule has 1 atom stereocenters. The van der Waals surface area contributed by atoms with Crippen molar-refractivity contribution in [1.29, 1.82) is 5.26 Å². The van der Waals surface area contributed by atoms with E-state index in [1.54, 1.807) is 0 Å². The average Bonchev–Trinajstić information content (AvgIpc) is 3.39. The molecule has 0 amide bonds. The van der Waals surface area contributed by atoms with E-state index in [2.05, 4.69) is 33.4 Å². The Bertz CT molecular complexity index is 896. The van der Waals surface area contributed by atoms with Gasteiger partial charge in [-0.15, -0.1) is 11.3 Å². The first-order valence-electron chi connectivity index (χ1n) is 8.90. The Morgan fingerprint density at radius 3 is 2.70 bits per heavy atom. The molecule has 0 radical (unpaired) electrons. The van der Waals surface area contributed by atoms with Crippen LogP contribution in [0.15, 0.2) is 52.3 Å². The van der Waals surface area contributed by atoms with E-state index < -0.39 is 0 Å². The van der Waals surface area contributed by atoms with Gasteiger partial charge in [0.1, 0.15) is 6.07 Å². The lowest BCUT2D eigenvalue weighted by Gasteiger charge is -2.34. The van der Waals surface area contributed by atoms with Crippen LogP contribution in [0.2, 0.25) is 0 Å². The lowest BCUT2D eigenvalue weighted by atomic mass is 10.0. The Morgan fingerprint density at radius 2 is 2.00 bits per heavy atom. The maximum absolute atomic E-state index is 9.42. The van der Waals surface area contributed by atoms with Gasteiger partial charge < -0.3 is 14.5 Å². The summed E-state index contributed by atoms with van der Waals surface area (Å²) in [5.41, 5.74) is 1.51. The van der Waals surface area contributed by atoms with Gasteiger partial charge in [0.05, 0.1) is 24.1 Å². The van der Waals surface area contributed by atoms with E-state index >= 15 is 0 Å². The largest absolute Gasteiger partial charge is 0.418 e. The highest BCUT2D eigenvalue weighted by Crippen LogP contribution is 2.29. The highest BCUT2D eigenvalue weighted by Gasteiger charge is 2.24. The number of aromatic nitrogens is 1. The van der Waals surface area contributed by atoms with E-state index in [-0.39, 0.29) is 11.7 Å². The summed E-state index contributed by atoms with van der Waals surface area (Å²) < 4.78 is 11.3. The lowest BCUT2D eigenvalue weighted by Crippen LogP contribution is -2.41. The molecule has 0 unspecified atom stereocenters. The van der Waals surface area contributed by atoms with Gasteiger partial charge in [0, 0.05) is 19.6 Å². The molecular formula is C20H20N4O2S. The fraction of sp³-hybridized carbons (Fsp3) is 0.300. The Kier molecular flexibility index (Phi) is 5.49. The highest BCUT2D eigenvalue weighted by molar-refractivity contribution is 7.13. The van der Waals surface area contributed by atoms with Crippen LogP contribution >= 0.6 is 11.3 Å². The summed E-state index contributed by atoms with van der Waals surface area (Å²) in [6.45, 7) is 3.85. The first-order valence-corrected chi connectivity index (χ1v) is 9.78. The molecule has 1 aromatic carbocycles. The van der Waals surface area contributed by atoms with E-state index in [1.165, 1.54) is 16.9 Å². The molecule has 3 heterocycles. The van der Waals surface area contributed by atoms with E-state index in [0.717, 1.165) is 31.2 Å². The normalized spacial score (nSPS) is 16.0. The molecule has 0 aliphatic carbocycles. The van der Waals surface area contributed by atoms with Crippen molar-refractivity contribution in [3.05, 3.63) is 59.1 Å². The van der Waals surface area contributed by atoms with Crippen LogP contribution in [-0.2, 0) is 4.74 Å². The molecule has 6 nitrogen and oxygen atoms in total. The van der Waals surface area contributed by atoms with Crippen LogP contribution in [0.1, 0.15) is 17.3 Å². The lowest BCUT2D eigenvalue weighted by molar-refractivity contribution is 0.0186. The van der Waals surface area contributed by atoms with E-state index in [9.17, 15) is 5.26 Å². The summed E-state index contributed by atoms with van der Waals surface area (Å²) in [5.74, 6) is 0.904. The molecule has 1 N–H and O–H groups in total. The summed E-state index contributed by atoms with van der Waals surface area (Å²) >= 11 is 1.54. The molecule has 0 bridgehead atoms. The second-order valence-corrected chi connectivity index (χ2v) is 7.19. The molecule has 4 rings (SSSR count). The quantitative estimate of drug-likeness (QED) is 0.702. The summed E-state index contributed by atoms with van der Waals surface area (Å²) in [7, 11) is 0. The maximum Gasteiger partial charge on any atom is 0.240 e. The van der Waals surface area contributed by atoms with Crippen LogP contribution in [0.3, 0.4) is 0 Å². The number of hydrogen-bond donors (Lipinski definition) is 1. The number of hydrogen-bond acceptors (Lipinski definition) is 7. The molecule has 1 aliphatic heterocycles. The molecule has 1 aliphatic rings. The van der Waals surface area contributed by atoms with Crippen molar-refractivity contribution < 1.29 is 9.15 Å². The minimum atomic E-state index is 0.164. The van der Waals surface area contributed by atoms with Crippen LogP contribution in [0.25, 0.3) is 10.8 Å². The molecule has 27 heavy (non-hydrogen) atoms. The molecule has 2 aromatic heterocycles. The van der Waals surface area contributed by atoms with Crippen molar-refractivity contribution in [2.75, 3.05) is 38.2 Å². The van der Waals surface area contributed by atoms with Crippen molar-refractivity contribution >= 4 is 17.2 Å². The maximum atomic E-state index is 9.42. The monoisotopic (exact) mass is 380 g/mol. The smallest absolute Gasteiger partial charge is 0.240 e. The predicted molar refractivity (Wildman–Crippen MR) is 105 cm³/mol. The number of thiophene rings is 1. The second-order valence-electron chi connectivity index (χ2n) is 6.24. The van der Waals surface area contributed by atoms with E-state index in [4.69, 9.17) is 9.15 Å². The zero-order valence-corrected chi connectivity index (χ0v) is 15.6. The summed E-state index contributed by atoms with van der Waals surface area (Å²) in [4.78, 5) is 7.63. The summed E-state index contributed by atoms with van der Waals surface area (Å²) in [5, 5.41) is 14.7. The molecule has 3 aromatic rings. The third kappa shape index (κ3) is 4.03. The fourth-order valence-corrected chi connectivity index (χ4v) is 3.88. The number of rotatable bonds is 6. The predicted octanol–water partition coefficient (Wildman–Crippen LogP) is 3.76. The van der Waals surface area contributed by atoms with Crippen molar-refractivity contribution in [3.8, 4) is 16.8 Å². The van der Waals surface area contributed by atoms with Gasteiger partial charge in [-0.1, -0.05) is 36.4 Å². The zero-order chi connectivity index (χ0) is 18.5. The minimum absolute atomic E-state index is 0.164. The van der Waals surface area contributed by atoms with Crippen molar-refractivity contribution in [1.82, 2.24) is 9.88 Å². The number of morpholine rings is 1. The number of oxazole rings is 1. The second kappa shape index (κ2) is 8.35. The fourth-order valence-electron chi connectivity index (χ4n) is 3.23. The minimum Gasteiger partial charge on any atom is -0.418 e. The molecule has 0 saturated carbocycles. The van der Waals surface area contributed by atoms with Gasteiger partial charge in [0.25, 0.3) is 0 Å². The Morgan fingerprint density at radius 1 is 1.19 bits per heavy atom.